The van der Waals surface area contributed by atoms with Crippen LogP contribution in [-0.4, -0.2) is 6.61 Å². The quantitative estimate of drug-likeness (QED) is 0.795. The molecule has 2 N–H and O–H groups in total. The summed E-state index contributed by atoms with van der Waals surface area (Å²) in [5.74, 6) is 1.52. The lowest BCUT2D eigenvalue weighted by atomic mass is 10.0. The highest BCUT2D eigenvalue weighted by molar-refractivity contribution is 5.43. The second-order valence-corrected chi connectivity index (χ2v) is 4.07. The monoisotopic (exact) mass is 191 g/mol. The summed E-state index contributed by atoms with van der Waals surface area (Å²) in [7, 11) is 0. The lowest BCUT2D eigenvalue weighted by molar-refractivity contribution is 0.332. The van der Waals surface area contributed by atoms with E-state index in [1.165, 1.54) is 0 Å². The number of hydrogen-bond acceptors (Lipinski definition) is 2. The molecule has 0 aromatic heterocycles. The minimum Gasteiger partial charge on any atom is -0.494 e. The number of nitrogens with two attached hydrogens (primary N) is 1. The van der Waals surface area contributed by atoms with Crippen molar-refractivity contribution in [3.05, 3.63) is 29.8 Å². The molecule has 0 bridgehead atoms. The molecule has 2 rings (SSSR count). The number of benzene rings is 1. The number of para-hydroxylation sites is 1. The fraction of sp³-hybridized carbons (Fsp3) is 0.500. The number of rotatable bonds is 3. The standard InChI is InChI=1S/C12H17NO/c1-3-14-11-7-5-4-6-10(11)12(13)8-9(12)2/h4-7,9H,3,8,13H2,1-2H3. The molecule has 0 spiro atoms. The van der Waals surface area contributed by atoms with Gasteiger partial charge in [0.05, 0.1) is 6.61 Å². The van der Waals surface area contributed by atoms with Crippen molar-refractivity contribution in [2.24, 2.45) is 11.7 Å². The van der Waals surface area contributed by atoms with Gasteiger partial charge in [0.25, 0.3) is 0 Å². The minimum absolute atomic E-state index is 0.133. The van der Waals surface area contributed by atoms with Gasteiger partial charge in [-0.05, 0) is 25.3 Å². The molecule has 1 aliphatic rings. The van der Waals surface area contributed by atoms with Gasteiger partial charge in [-0.15, -0.1) is 0 Å². The van der Waals surface area contributed by atoms with E-state index in [1.54, 1.807) is 0 Å². The summed E-state index contributed by atoms with van der Waals surface area (Å²) in [6, 6.07) is 8.09. The van der Waals surface area contributed by atoms with E-state index in [-0.39, 0.29) is 5.54 Å². The van der Waals surface area contributed by atoms with Crippen LogP contribution in [0.3, 0.4) is 0 Å². The summed E-state index contributed by atoms with van der Waals surface area (Å²) in [4.78, 5) is 0. The Labute approximate surface area is 85.1 Å². The van der Waals surface area contributed by atoms with E-state index < -0.39 is 0 Å². The first kappa shape index (κ1) is 9.53. The van der Waals surface area contributed by atoms with E-state index in [0.717, 1.165) is 17.7 Å². The van der Waals surface area contributed by atoms with Crippen molar-refractivity contribution in [1.29, 1.82) is 0 Å². The van der Waals surface area contributed by atoms with Crippen LogP contribution in [0.15, 0.2) is 24.3 Å². The van der Waals surface area contributed by atoms with E-state index in [2.05, 4.69) is 13.0 Å². The largest absolute Gasteiger partial charge is 0.494 e. The Morgan fingerprint density at radius 2 is 2.14 bits per heavy atom. The summed E-state index contributed by atoms with van der Waals surface area (Å²) in [5, 5.41) is 0. The first-order valence-electron chi connectivity index (χ1n) is 5.19. The Morgan fingerprint density at radius 1 is 1.50 bits per heavy atom. The van der Waals surface area contributed by atoms with Gasteiger partial charge < -0.3 is 10.5 Å². The second kappa shape index (κ2) is 3.28. The summed E-state index contributed by atoms with van der Waals surface area (Å²) in [5.41, 5.74) is 7.29. The lowest BCUT2D eigenvalue weighted by Gasteiger charge is -2.15. The van der Waals surface area contributed by atoms with E-state index in [1.807, 2.05) is 25.1 Å². The van der Waals surface area contributed by atoms with Gasteiger partial charge in [0, 0.05) is 11.1 Å². The fourth-order valence-corrected chi connectivity index (χ4v) is 1.96. The van der Waals surface area contributed by atoms with Gasteiger partial charge in [-0.3, -0.25) is 0 Å². The Kier molecular flexibility index (Phi) is 2.23. The zero-order valence-corrected chi connectivity index (χ0v) is 8.79. The molecule has 0 amide bonds. The smallest absolute Gasteiger partial charge is 0.124 e. The third-order valence-corrected chi connectivity index (χ3v) is 3.05. The van der Waals surface area contributed by atoms with Crippen molar-refractivity contribution < 1.29 is 4.74 Å². The SMILES string of the molecule is CCOc1ccccc1C1(N)CC1C. The van der Waals surface area contributed by atoms with E-state index in [9.17, 15) is 0 Å². The number of hydrogen-bond donors (Lipinski definition) is 1. The Balaban J connectivity index is 2.33. The highest BCUT2D eigenvalue weighted by Crippen LogP contribution is 2.51. The molecule has 2 unspecified atom stereocenters. The zero-order chi connectivity index (χ0) is 10.2. The van der Waals surface area contributed by atoms with Gasteiger partial charge in [0.15, 0.2) is 0 Å². The highest BCUT2D eigenvalue weighted by Gasteiger charge is 2.50. The summed E-state index contributed by atoms with van der Waals surface area (Å²) in [6.07, 6.45) is 1.07. The molecule has 0 saturated heterocycles. The van der Waals surface area contributed by atoms with Crippen LogP contribution in [0.2, 0.25) is 0 Å². The molecule has 76 valence electrons. The zero-order valence-electron chi connectivity index (χ0n) is 8.79. The Bertz CT molecular complexity index is 337. The van der Waals surface area contributed by atoms with Crippen LogP contribution < -0.4 is 10.5 Å². The number of ether oxygens (including phenoxy) is 1. The van der Waals surface area contributed by atoms with E-state index in [4.69, 9.17) is 10.5 Å². The predicted molar refractivity (Wildman–Crippen MR) is 57.3 cm³/mol. The van der Waals surface area contributed by atoms with Crippen LogP contribution in [-0.2, 0) is 5.54 Å². The van der Waals surface area contributed by atoms with Crippen molar-refractivity contribution in [3.8, 4) is 5.75 Å². The van der Waals surface area contributed by atoms with Gasteiger partial charge in [0.2, 0.25) is 0 Å². The van der Waals surface area contributed by atoms with Crippen LogP contribution in [0.1, 0.15) is 25.8 Å². The normalized spacial score (nSPS) is 30.1. The minimum atomic E-state index is -0.133. The summed E-state index contributed by atoms with van der Waals surface area (Å²) >= 11 is 0. The van der Waals surface area contributed by atoms with Gasteiger partial charge >= 0.3 is 0 Å². The van der Waals surface area contributed by atoms with Crippen molar-refractivity contribution in [3.63, 3.8) is 0 Å². The van der Waals surface area contributed by atoms with Crippen LogP contribution >= 0.6 is 0 Å². The van der Waals surface area contributed by atoms with Crippen LogP contribution in [0, 0.1) is 5.92 Å². The molecule has 1 aliphatic carbocycles. The van der Waals surface area contributed by atoms with Gasteiger partial charge in [-0.25, -0.2) is 0 Å². The maximum atomic E-state index is 6.26. The Hall–Kier alpha value is -1.02. The maximum Gasteiger partial charge on any atom is 0.124 e. The maximum absolute atomic E-state index is 6.26. The molecule has 1 aromatic carbocycles. The first-order chi connectivity index (χ1) is 6.68. The van der Waals surface area contributed by atoms with Gasteiger partial charge in [-0.1, -0.05) is 25.1 Å². The average molecular weight is 191 g/mol. The predicted octanol–water partition coefficient (Wildman–Crippen LogP) is 2.28. The molecule has 0 radical (unpaired) electrons. The van der Waals surface area contributed by atoms with E-state index in [0.29, 0.717) is 12.5 Å². The first-order valence-corrected chi connectivity index (χ1v) is 5.19. The molecule has 1 fully saturated rings. The topological polar surface area (TPSA) is 35.2 Å². The van der Waals surface area contributed by atoms with Gasteiger partial charge in [-0.2, -0.15) is 0 Å². The van der Waals surface area contributed by atoms with Crippen molar-refractivity contribution in [2.75, 3.05) is 6.61 Å². The van der Waals surface area contributed by atoms with Gasteiger partial charge in [0.1, 0.15) is 5.75 Å². The average Bonchev–Trinajstić information content (AvgIpc) is 2.77. The molecule has 1 aromatic rings. The molecule has 2 atom stereocenters. The van der Waals surface area contributed by atoms with Crippen LogP contribution in [0.25, 0.3) is 0 Å². The molecular weight excluding hydrogens is 174 g/mol. The van der Waals surface area contributed by atoms with Crippen molar-refractivity contribution in [1.82, 2.24) is 0 Å². The molecule has 0 aliphatic heterocycles. The lowest BCUT2D eigenvalue weighted by Crippen LogP contribution is -2.22. The molecule has 1 saturated carbocycles. The molecule has 14 heavy (non-hydrogen) atoms. The molecular formula is C12H17NO. The third kappa shape index (κ3) is 1.40. The Morgan fingerprint density at radius 3 is 2.71 bits per heavy atom. The molecule has 2 heteroatoms. The fourth-order valence-electron chi connectivity index (χ4n) is 1.96. The van der Waals surface area contributed by atoms with E-state index >= 15 is 0 Å². The van der Waals surface area contributed by atoms with Crippen LogP contribution in [0.4, 0.5) is 0 Å². The second-order valence-electron chi connectivity index (χ2n) is 4.07. The highest BCUT2D eigenvalue weighted by atomic mass is 16.5. The van der Waals surface area contributed by atoms with Crippen molar-refractivity contribution in [2.45, 2.75) is 25.8 Å². The van der Waals surface area contributed by atoms with Crippen molar-refractivity contribution >= 4 is 0 Å². The summed E-state index contributed by atoms with van der Waals surface area (Å²) < 4.78 is 5.57. The van der Waals surface area contributed by atoms with Crippen LogP contribution in [0.5, 0.6) is 5.75 Å². The summed E-state index contributed by atoms with van der Waals surface area (Å²) in [6.45, 7) is 4.88. The molecule has 0 heterocycles. The molecule has 2 nitrogen and oxygen atoms in total. The third-order valence-electron chi connectivity index (χ3n) is 3.05.